The van der Waals surface area contributed by atoms with Gasteiger partial charge >= 0.3 is 0 Å². The van der Waals surface area contributed by atoms with Crippen LogP contribution >= 0.6 is 0 Å². The van der Waals surface area contributed by atoms with Crippen LogP contribution in [0.3, 0.4) is 0 Å². The van der Waals surface area contributed by atoms with Crippen LogP contribution in [0.25, 0.3) is 10.9 Å². The van der Waals surface area contributed by atoms with E-state index >= 15 is 0 Å². The number of aliphatic hydroxyl groups is 1. The first-order valence-electron chi connectivity index (χ1n) is 6.48. The lowest BCUT2D eigenvalue weighted by Crippen LogP contribution is -2.25. The SMILES string of the molecule is CCN(CCCO)c1cc(C)nc2ccccc12. The Morgan fingerprint density at radius 2 is 2.06 bits per heavy atom. The summed E-state index contributed by atoms with van der Waals surface area (Å²) in [5.74, 6) is 0. The average molecular weight is 244 g/mol. The average Bonchev–Trinajstić information content (AvgIpc) is 2.39. The molecule has 0 spiro atoms. The molecule has 1 aromatic heterocycles. The molecule has 0 aliphatic heterocycles. The van der Waals surface area contributed by atoms with Gasteiger partial charge in [0.25, 0.3) is 0 Å². The van der Waals surface area contributed by atoms with E-state index in [0.29, 0.717) is 0 Å². The molecule has 0 unspecified atom stereocenters. The van der Waals surface area contributed by atoms with Crippen molar-refractivity contribution in [1.29, 1.82) is 0 Å². The van der Waals surface area contributed by atoms with Crippen LogP contribution in [0.2, 0.25) is 0 Å². The lowest BCUT2D eigenvalue weighted by atomic mass is 10.1. The summed E-state index contributed by atoms with van der Waals surface area (Å²) < 4.78 is 0. The highest BCUT2D eigenvalue weighted by molar-refractivity contribution is 5.91. The highest BCUT2D eigenvalue weighted by Gasteiger charge is 2.09. The zero-order chi connectivity index (χ0) is 13.0. The van der Waals surface area contributed by atoms with Crippen LogP contribution in [-0.2, 0) is 0 Å². The molecule has 0 aliphatic carbocycles. The topological polar surface area (TPSA) is 36.4 Å². The molecule has 3 nitrogen and oxygen atoms in total. The molecule has 0 saturated heterocycles. The van der Waals surface area contributed by atoms with E-state index in [2.05, 4.69) is 28.9 Å². The minimum atomic E-state index is 0.235. The Hall–Kier alpha value is -1.61. The lowest BCUT2D eigenvalue weighted by Gasteiger charge is -2.24. The van der Waals surface area contributed by atoms with Crippen molar-refractivity contribution in [3.05, 3.63) is 36.0 Å². The van der Waals surface area contributed by atoms with Crippen molar-refractivity contribution in [2.24, 2.45) is 0 Å². The van der Waals surface area contributed by atoms with Crippen molar-refractivity contribution in [2.45, 2.75) is 20.3 Å². The van der Waals surface area contributed by atoms with Crippen LogP contribution in [0.4, 0.5) is 5.69 Å². The van der Waals surface area contributed by atoms with Crippen LogP contribution in [0.15, 0.2) is 30.3 Å². The normalized spacial score (nSPS) is 10.8. The smallest absolute Gasteiger partial charge is 0.0726 e. The van der Waals surface area contributed by atoms with E-state index in [4.69, 9.17) is 5.11 Å². The van der Waals surface area contributed by atoms with Crippen molar-refractivity contribution in [1.82, 2.24) is 4.98 Å². The Morgan fingerprint density at radius 1 is 1.28 bits per heavy atom. The van der Waals surface area contributed by atoms with Gasteiger partial charge in [0.2, 0.25) is 0 Å². The third-order valence-corrected chi connectivity index (χ3v) is 3.13. The van der Waals surface area contributed by atoms with Gasteiger partial charge in [0.1, 0.15) is 0 Å². The summed E-state index contributed by atoms with van der Waals surface area (Å²) in [5.41, 5.74) is 3.29. The highest BCUT2D eigenvalue weighted by Crippen LogP contribution is 2.26. The van der Waals surface area contributed by atoms with Crippen molar-refractivity contribution in [3.8, 4) is 0 Å². The molecule has 0 aliphatic rings. The summed E-state index contributed by atoms with van der Waals surface area (Å²) in [6, 6.07) is 10.3. The molecule has 2 aromatic rings. The summed E-state index contributed by atoms with van der Waals surface area (Å²) in [4.78, 5) is 6.86. The molecule has 96 valence electrons. The van der Waals surface area contributed by atoms with Gasteiger partial charge < -0.3 is 10.0 Å². The first-order valence-corrected chi connectivity index (χ1v) is 6.48. The summed E-state index contributed by atoms with van der Waals surface area (Å²) in [6.45, 7) is 6.21. The first-order chi connectivity index (χ1) is 8.76. The number of benzene rings is 1. The second kappa shape index (κ2) is 5.83. The van der Waals surface area contributed by atoms with Gasteiger partial charge in [-0.1, -0.05) is 18.2 Å². The minimum Gasteiger partial charge on any atom is -0.396 e. The van der Waals surface area contributed by atoms with E-state index in [-0.39, 0.29) is 6.61 Å². The molecule has 1 N–H and O–H groups in total. The number of para-hydroxylation sites is 1. The molecule has 1 heterocycles. The summed E-state index contributed by atoms with van der Waals surface area (Å²) in [6.07, 6.45) is 0.795. The third kappa shape index (κ3) is 2.62. The Morgan fingerprint density at radius 3 is 2.78 bits per heavy atom. The van der Waals surface area contributed by atoms with E-state index in [1.54, 1.807) is 0 Å². The van der Waals surface area contributed by atoms with E-state index in [9.17, 15) is 0 Å². The molecule has 0 saturated carbocycles. The van der Waals surface area contributed by atoms with Gasteiger partial charge in [0.05, 0.1) is 5.52 Å². The van der Waals surface area contributed by atoms with Crippen molar-refractivity contribution < 1.29 is 5.11 Å². The Labute approximate surface area is 108 Å². The number of pyridine rings is 1. The number of rotatable bonds is 5. The number of fused-ring (bicyclic) bond motifs is 1. The lowest BCUT2D eigenvalue weighted by molar-refractivity contribution is 0.289. The van der Waals surface area contributed by atoms with Gasteiger partial charge in [0, 0.05) is 36.5 Å². The highest BCUT2D eigenvalue weighted by atomic mass is 16.3. The van der Waals surface area contributed by atoms with Gasteiger partial charge in [-0.2, -0.15) is 0 Å². The van der Waals surface area contributed by atoms with E-state index in [0.717, 1.165) is 30.7 Å². The number of anilines is 1. The quantitative estimate of drug-likeness (QED) is 0.878. The van der Waals surface area contributed by atoms with Gasteiger partial charge in [0.15, 0.2) is 0 Å². The largest absolute Gasteiger partial charge is 0.396 e. The molecule has 0 atom stereocenters. The Kier molecular flexibility index (Phi) is 4.15. The molecule has 18 heavy (non-hydrogen) atoms. The molecule has 2 rings (SSSR count). The standard InChI is InChI=1S/C15H20N2O/c1-3-17(9-6-10-18)15-11-12(2)16-14-8-5-4-7-13(14)15/h4-5,7-8,11,18H,3,6,9-10H2,1-2H3. The van der Waals surface area contributed by atoms with Crippen molar-refractivity contribution in [3.63, 3.8) is 0 Å². The maximum atomic E-state index is 8.99. The Balaban J connectivity index is 2.47. The van der Waals surface area contributed by atoms with Crippen LogP contribution in [0.5, 0.6) is 0 Å². The van der Waals surface area contributed by atoms with Crippen LogP contribution in [0.1, 0.15) is 19.0 Å². The second-order valence-corrected chi connectivity index (χ2v) is 4.46. The zero-order valence-corrected chi connectivity index (χ0v) is 11.1. The van der Waals surface area contributed by atoms with Crippen molar-refractivity contribution >= 4 is 16.6 Å². The number of aromatic nitrogens is 1. The maximum absolute atomic E-state index is 8.99. The summed E-state index contributed by atoms with van der Waals surface area (Å²) in [7, 11) is 0. The monoisotopic (exact) mass is 244 g/mol. The van der Waals surface area contributed by atoms with Crippen molar-refractivity contribution in [2.75, 3.05) is 24.6 Å². The number of nitrogens with zero attached hydrogens (tertiary/aromatic N) is 2. The molecule has 0 radical (unpaired) electrons. The fraction of sp³-hybridized carbons (Fsp3) is 0.400. The van der Waals surface area contributed by atoms with Gasteiger partial charge in [-0.25, -0.2) is 0 Å². The Bertz CT molecular complexity index is 525. The number of aliphatic hydroxyl groups excluding tert-OH is 1. The number of aryl methyl sites for hydroxylation is 1. The van der Waals surface area contributed by atoms with Gasteiger partial charge in [-0.05, 0) is 32.4 Å². The van der Waals surface area contributed by atoms with E-state index in [1.807, 2.05) is 25.1 Å². The van der Waals surface area contributed by atoms with E-state index < -0.39 is 0 Å². The minimum absolute atomic E-state index is 0.235. The van der Waals surface area contributed by atoms with E-state index in [1.165, 1.54) is 11.1 Å². The molecular weight excluding hydrogens is 224 g/mol. The molecule has 0 amide bonds. The van der Waals surface area contributed by atoms with Crippen LogP contribution < -0.4 is 4.90 Å². The molecule has 0 fully saturated rings. The third-order valence-electron chi connectivity index (χ3n) is 3.13. The summed E-state index contributed by atoms with van der Waals surface area (Å²) >= 11 is 0. The fourth-order valence-electron chi connectivity index (χ4n) is 2.26. The van der Waals surface area contributed by atoms with Gasteiger partial charge in [-0.15, -0.1) is 0 Å². The first kappa shape index (κ1) is 12.8. The predicted molar refractivity (Wildman–Crippen MR) is 76.1 cm³/mol. The zero-order valence-electron chi connectivity index (χ0n) is 11.1. The second-order valence-electron chi connectivity index (χ2n) is 4.46. The number of hydrogen-bond donors (Lipinski definition) is 1. The molecule has 3 heteroatoms. The van der Waals surface area contributed by atoms with Crippen LogP contribution in [0, 0.1) is 6.92 Å². The summed E-state index contributed by atoms with van der Waals surface area (Å²) in [5, 5.41) is 10.2. The molecule has 1 aromatic carbocycles. The molecular formula is C15H20N2O. The fourth-order valence-corrected chi connectivity index (χ4v) is 2.26. The molecule has 0 bridgehead atoms. The predicted octanol–water partition coefficient (Wildman–Crippen LogP) is 2.75. The van der Waals surface area contributed by atoms with Crippen LogP contribution in [-0.4, -0.2) is 29.8 Å². The van der Waals surface area contributed by atoms with Gasteiger partial charge in [-0.3, -0.25) is 4.98 Å². The number of hydrogen-bond acceptors (Lipinski definition) is 3. The maximum Gasteiger partial charge on any atom is 0.0726 e.